The Morgan fingerprint density at radius 3 is 2.38 bits per heavy atom. The van der Waals surface area contributed by atoms with Gasteiger partial charge in [-0.05, 0) is 61.9 Å². The van der Waals surface area contributed by atoms with Crippen LogP contribution in [0, 0.1) is 19.7 Å². The second-order valence-electron chi connectivity index (χ2n) is 6.63. The van der Waals surface area contributed by atoms with Gasteiger partial charge >= 0.3 is 5.97 Å². The number of hydrogen-bond acceptors (Lipinski definition) is 4. The van der Waals surface area contributed by atoms with Crippen molar-refractivity contribution in [2.24, 2.45) is 0 Å². The lowest BCUT2D eigenvalue weighted by atomic mass is 10.2. The van der Waals surface area contributed by atoms with Crippen LogP contribution < -0.4 is 0 Å². The molecule has 0 atom stereocenters. The van der Waals surface area contributed by atoms with Crippen molar-refractivity contribution in [1.29, 1.82) is 0 Å². The van der Waals surface area contributed by atoms with Crippen LogP contribution in [-0.2, 0) is 11.3 Å². The SMILES string of the molecule is Cc1nn(-c2ccc(F)cc2)c(C)c1C(=O)OCc1ccc(-n2cccn2)cc1. The number of aryl methyl sites for hydroxylation is 1. The monoisotopic (exact) mass is 390 g/mol. The fourth-order valence-corrected chi connectivity index (χ4v) is 3.16. The zero-order valence-corrected chi connectivity index (χ0v) is 16.0. The van der Waals surface area contributed by atoms with Crippen molar-refractivity contribution in [2.45, 2.75) is 20.5 Å². The van der Waals surface area contributed by atoms with Crippen LogP contribution in [-0.4, -0.2) is 25.5 Å². The number of benzene rings is 2. The third-order valence-corrected chi connectivity index (χ3v) is 4.64. The van der Waals surface area contributed by atoms with E-state index in [2.05, 4.69) is 10.2 Å². The Morgan fingerprint density at radius 1 is 1.03 bits per heavy atom. The molecule has 0 aliphatic heterocycles. The lowest BCUT2D eigenvalue weighted by Crippen LogP contribution is -2.08. The molecule has 0 amide bonds. The summed E-state index contributed by atoms with van der Waals surface area (Å²) in [6.07, 6.45) is 3.58. The lowest BCUT2D eigenvalue weighted by molar-refractivity contribution is 0.0471. The number of aromatic nitrogens is 4. The minimum absolute atomic E-state index is 0.152. The molecule has 0 fully saturated rings. The van der Waals surface area contributed by atoms with Crippen LogP contribution in [0.2, 0.25) is 0 Å². The normalized spacial score (nSPS) is 10.9. The van der Waals surface area contributed by atoms with E-state index in [9.17, 15) is 9.18 Å². The standard InChI is InChI=1S/C22H19FN4O2/c1-15-21(16(2)27(25-15)20-10-6-18(23)7-11-20)22(28)29-14-17-4-8-19(9-5-17)26-13-3-12-24-26/h3-13H,14H2,1-2H3. The first-order chi connectivity index (χ1) is 14.0. The van der Waals surface area contributed by atoms with E-state index in [1.807, 2.05) is 36.5 Å². The highest BCUT2D eigenvalue weighted by Gasteiger charge is 2.21. The van der Waals surface area contributed by atoms with Gasteiger partial charge in [-0.1, -0.05) is 12.1 Å². The van der Waals surface area contributed by atoms with Crippen molar-refractivity contribution >= 4 is 5.97 Å². The number of nitrogens with zero attached hydrogens (tertiary/aromatic N) is 4. The Morgan fingerprint density at radius 2 is 1.72 bits per heavy atom. The van der Waals surface area contributed by atoms with Crippen LogP contribution in [0.3, 0.4) is 0 Å². The van der Waals surface area contributed by atoms with E-state index < -0.39 is 5.97 Å². The van der Waals surface area contributed by atoms with Crippen molar-refractivity contribution in [3.8, 4) is 11.4 Å². The van der Waals surface area contributed by atoms with Crippen LogP contribution in [0.1, 0.15) is 27.3 Å². The number of ether oxygens (including phenoxy) is 1. The molecule has 4 aromatic rings. The number of rotatable bonds is 5. The smallest absolute Gasteiger partial charge is 0.342 e. The zero-order valence-electron chi connectivity index (χ0n) is 16.0. The van der Waals surface area contributed by atoms with Gasteiger partial charge in [0.05, 0.1) is 22.8 Å². The van der Waals surface area contributed by atoms with Crippen molar-refractivity contribution < 1.29 is 13.9 Å². The van der Waals surface area contributed by atoms with Gasteiger partial charge in [-0.15, -0.1) is 0 Å². The molecule has 6 nitrogen and oxygen atoms in total. The van der Waals surface area contributed by atoms with E-state index in [1.54, 1.807) is 41.5 Å². The molecule has 0 aliphatic rings. The van der Waals surface area contributed by atoms with Crippen molar-refractivity contribution in [2.75, 3.05) is 0 Å². The highest BCUT2D eigenvalue weighted by atomic mass is 19.1. The van der Waals surface area contributed by atoms with Gasteiger partial charge in [0.1, 0.15) is 18.0 Å². The molecule has 0 spiro atoms. The number of carbonyl (C=O) groups excluding carboxylic acids is 1. The van der Waals surface area contributed by atoms with Gasteiger partial charge in [0.25, 0.3) is 0 Å². The van der Waals surface area contributed by atoms with E-state index >= 15 is 0 Å². The van der Waals surface area contributed by atoms with Gasteiger partial charge in [0, 0.05) is 12.4 Å². The molecule has 29 heavy (non-hydrogen) atoms. The number of carbonyl (C=O) groups is 1. The second kappa shape index (κ2) is 7.71. The third kappa shape index (κ3) is 3.80. The minimum Gasteiger partial charge on any atom is -0.457 e. The Kier molecular flexibility index (Phi) is 4.95. The second-order valence-corrected chi connectivity index (χ2v) is 6.63. The molecule has 0 saturated heterocycles. The Hall–Kier alpha value is -3.74. The summed E-state index contributed by atoms with van der Waals surface area (Å²) in [5, 5.41) is 8.59. The predicted octanol–water partition coefficient (Wildman–Crippen LogP) is 4.17. The summed E-state index contributed by atoms with van der Waals surface area (Å²) in [7, 11) is 0. The Bertz CT molecular complexity index is 1130. The van der Waals surface area contributed by atoms with E-state index in [1.165, 1.54) is 12.1 Å². The van der Waals surface area contributed by atoms with Crippen LogP contribution in [0.5, 0.6) is 0 Å². The first kappa shape index (κ1) is 18.6. The first-order valence-electron chi connectivity index (χ1n) is 9.11. The van der Waals surface area contributed by atoms with Gasteiger partial charge < -0.3 is 4.74 Å². The highest BCUT2D eigenvalue weighted by molar-refractivity contribution is 5.92. The molecule has 0 saturated carbocycles. The fourth-order valence-electron chi connectivity index (χ4n) is 3.16. The largest absolute Gasteiger partial charge is 0.457 e. The molecule has 0 radical (unpaired) electrons. The van der Waals surface area contributed by atoms with Gasteiger partial charge in [-0.25, -0.2) is 18.5 Å². The maximum atomic E-state index is 13.2. The van der Waals surface area contributed by atoms with Crippen molar-refractivity contribution in [3.05, 3.63) is 95.3 Å². The van der Waals surface area contributed by atoms with E-state index in [4.69, 9.17) is 4.74 Å². The predicted molar refractivity (Wildman–Crippen MR) is 106 cm³/mol. The number of halogens is 1. The zero-order chi connectivity index (χ0) is 20.4. The highest BCUT2D eigenvalue weighted by Crippen LogP contribution is 2.20. The summed E-state index contributed by atoms with van der Waals surface area (Å²) >= 11 is 0. The molecular weight excluding hydrogens is 371 g/mol. The summed E-state index contributed by atoms with van der Waals surface area (Å²) < 4.78 is 22.0. The van der Waals surface area contributed by atoms with E-state index in [-0.39, 0.29) is 12.4 Å². The molecule has 2 aromatic carbocycles. The molecule has 2 aromatic heterocycles. The Labute approximate surface area is 167 Å². The summed E-state index contributed by atoms with van der Waals surface area (Å²) in [4.78, 5) is 12.7. The van der Waals surface area contributed by atoms with Crippen LogP contribution in [0.4, 0.5) is 4.39 Å². The maximum absolute atomic E-state index is 13.2. The summed E-state index contributed by atoms with van der Waals surface area (Å²) in [5.41, 5.74) is 4.11. The van der Waals surface area contributed by atoms with Crippen LogP contribution in [0.15, 0.2) is 67.0 Å². The molecule has 7 heteroatoms. The summed E-state index contributed by atoms with van der Waals surface area (Å²) in [6.45, 7) is 3.69. The van der Waals surface area contributed by atoms with Crippen LogP contribution >= 0.6 is 0 Å². The average Bonchev–Trinajstić information content (AvgIpc) is 3.36. The molecule has 0 bridgehead atoms. The fraction of sp³-hybridized carbons (Fsp3) is 0.136. The van der Waals surface area contributed by atoms with Crippen molar-refractivity contribution in [1.82, 2.24) is 19.6 Å². The molecule has 0 unspecified atom stereocenters. The molecule has 0 aliphatic carbocycles. The summed E-state index contributed by atoms with van der Waals surface area (Å²) in [6, 6.07) is 15.4. The molecule has 2 heterocycles. The van der Waals surface area contributed by atoms with Gasteiger partial charge in [-0.2, -0.15) is 10.2 Å². The molecule has 0 N–H and O–H groups in total. The van der Waals surface area contributed by atoms with Crippen molar-refractivity contribution in [3.63, 3.8) is 0 Å². The molecule has 4 rings (SSSR count). The summed E-state index contributed by atoms with van der Waals surface area (Å²) in [5.74, 6) is -0.766. The van der Waals surface area contributed by atoms with E-state index in [0.717, 1.165) is 11.3 Å². The lowest BCUT2D eigenvalue weighted by Gasteiger charge is -2.08. The number of hydrogen-bond donors (Lipinski definition) is 0. The van der Waals surface area contributed by atoms with Gasteiger partial charge in [0.15, 0.2) is 0 Å². The minimum atomic E-state index is -0.440. The first-order valence-corrected chi connectivity index (χ1v) is 9.11. The number of esters is 1. The van der Waals surface area contributed by atoms with E-state index in [0.29, 0.717) is 22.6 Å². The van der Waals surface area contributed by atoms with Gasteiger partial charge in [-0.3, -0.25) is 0 Å². The van der Waals surface area contributed by atoms with Gasteiger partial charge in [0.2, 0.25) is 0 Å². The quantitative estimate of drug-likeness (QED) is 0.480. The topological polar surface area (TPSA) is 61.9 Å². The Balaban J connectivity index is 1.48. The van der Waals surface area contributed by atoms with Crippen LogP contribution in [0.25, 0.3) is 11.4 Å². The molecule has 146 valence electrons. The average molecular weight is 390 g/mol. The maximum Gasteiger partial charge on any atom is 0.342 e. The third-order valence-electron chi connectivity index (χ3n) is 4.64. The molecular formula is C22H19FN4O2.